The van der Waals surface area contributed by atoms with Gasteiger partial charge in [0.1, 0.15) is 0 Å². The molecule has 2 aromatic heterocycles. The third kappa shape index (κ3) is 2.43. The molecule has 1 saturated carbocycles. The number of hydrogen-bond donors (Lipinski definition) is 2. The predicted molar refractivity (Wildman–Crippen MR) is 91.3 cm³/mol. The van der Waals surface area contributed by atoms with E-state index in [0.29, 0.717) is 16.2 Å². The lowest BCUT2D eigenvalue weighted by Crippen LogP contribution is -2.19. The van der Waals surface area contributed by atoms with Gasteiger partial charge in [0.25, 0.3) is 0 Å². The van der Waals surface area contributed by atoms with Crippen LogP contribution in [0.3, 0.4) is 0 Å². The Morgan fingerprint density at radius 3 is 2.83 bits per heavy atom. The van der Waals surface area contributed by atoms with Crippen molar-refractivity contribution < 1.29 is 4.79 Å². The maximum atomic E-state index is 13.0. The maximum Gasteiger partial charge on any atom is 0.232 e. The lowest BCUT2D eigenvalue weighted by atomic mass is 9.95. The summed E-state index contributed by atoms with van der Waals surface area (Å²) in [5, 5.41) is 7.96. The first-order valence-electron chi connectivity index (χ1n) is 8.03. The largest absolute Gasteiger partial charge is 0.360 e. The number of fused-ring (bicyclic) bond motifs is 1. The third-order valence-electron chi connectivity index (χ3n) is 4.68. The van der Waals surface area contributed by atoms with Crippen LogP contribution in [-0.4, -0.2) is 25.5 Å². The van der Waals surface area contributed by atoms with Gasteiger partial charge in [0.2, 0.25) is 11.6 Å². The number of aromatic nitrogens is 4. The van der Waals surface area contributed by atoms with Crippen molar-refractivity contribution in [1.82, 2.24) is 19.7 Å². The van der Waals surface area contributed by atoms with Crippen LogP contribution in [0.2, 0.25) is 0 Å². The third-order valence-corrected chi connectivity index (χ3v) is 4.97. The molecule has 23 heavy (non-hydrogen) atoms. The second-order valence-corrected chi connectivity index (χ2v) is 6.48. The van der Waals surface area contributed by atoms with E-state index in [1.165, 1.54) is 19.3 Å². The van der Waals surface area contributed by atoms with Crippen molar-refractivity contribution in [2.45, 2.75) is 38.1 Å². The normalized spacial score (nSPS) is 16.0. The lowest BCUT2D eigenvalue weighted by Gasteiger charge is -2.23. The van der Waals surface area contributed by atoms with E-state index >= 15 is 0 Å². The summed E-state index contributed by atoms with van der Waals surface area (Å²) in [6, 6.07) is 8.07. The monoisotopic (exact) mass is 326 g/mol. The van der Waals surface area contributed by atoms with Gasteiger partial charge < -0.3 is 4.98 Å². The number of para-hydroxylation sites is 1. The van der Waals surface area contributed by atoms with E-state index in [1.54, 1.807) is 6.20 Å². The molecule has 118 valence electrons. The number of rotatable bonds is 3. The van der Waals surface area contributed by atoms with Gasteiger partial charge in [-0.3, -0.25) is 14.5 Å². The Kier molecular flexibility index (Phi) is 3.61. The van der Waals surface area contributed by atoms with E-state index in [0.717, 1.165) is 23.7 Å². The molecule has 0 spiro atoms. The van der Waals surface area contributed by atoms with Crippen molar-refractivity contribution in [3.8, 4) is 0 Å². The zero-order chi connectivity index (χ0) is 15.8. The van der Waals surface area contributed by atoms with Crippen molar-refractivity contribution >= 4 is 28.9 Å². The topological polar surface area (TPSA) is 66.5 Å². The van der Waals surface area contributed by atoms with Crippen molar-refractivity contribution in [3.63, 3.8) is 0 Å². The van der Waals surface area contributed by atoms with E-state index in [-0.39, 0.29) is 11.8 Å². The Morgan fingerprint density at radius 2 is 2.00 bits per heavy atom. The highest BCUT2D eigenvalue weighted by molar-refractivity contribution is 7.71. The summed E-state index contributed by atoms with van der Waals surface area (Å²) in [5.74, 6) is 0.340. The van der Waals surface area contributed by atoms with E-state index in [2.05, 4.69) is 15.2 Å². The molecular formula is C17H18N4OS. The van der Waals surface area contributed by atoms with Crippen molar-refractivity contribution in [3.05, 3.63) is 46.6 Å². The molecule has 1 aliphatic carbocycles. The van der Waals surface area contributed by atoms with Gasteiger partial charge in [-0.15, -0.1) is 0 Å². The number of nitrogens with one attached hydrogen (secondary N) is 2. The number of carbonyl (C=O) groups excluding carboxylic acids is 1. The number of aromatic amines is 2. The molecule has 6 heteroatoms. The zero-order valence-electron chi connectivity index (χ0n) is 12.7. The molecular weight excluding hydrogens is 308 g/mol. The van der Waals surface area contributed by atoms with Gasteiger partial charge in [0.05, 0.1) is 5.56 Å². The minimum atomic E-state index is -0.0830. The van der Waals surface area contributed by atoms with Gasteiger partial charge in [0, 0.05) is 23.1 Å². The van der Waals surface area contributed by atoms with E-state index in [9.17, 15) is 4.79 Å². The van der Waals surface area contributed by atoms with Gasteiger partial charge in [-0.25, -0.2) is 0 Å². The van der Waals surface area contributed by atoms with Crippen LogP contribution >= 0.6 is 12.2 Å². The summed E-state index contributed by atoms with van der Waals surface area (Å²) >= 11 is 5.38. The first-order valence-corrected chi connectivity index (χ1v) is 8.44. The lowest BCUT2D eigenvalue weighted by molar-refractivity contribution is 0.102. The second kappa shape index (κ2) is 5.77. The highest BCUT2D eigenvalue weighted by Crippen LogP contribution is 2.30. The SMILES string of the molecule is O=C(c1c[nH]c2ccccc12)c1n[nH]c(=S)n1C1CCCCC1. The van der Waals surface area contributed by atoms with Crippen LogP contribution < -0.4 is 0 Å². The van der Waals surface area contributed by atoms with Crippen LogP contribution in [0, 0.1) is 4.77 Å². The molecule has 0 saturated heterocycles. The van der Waals surface area contributed by atoms with Crippen LogP contribution in [0.5, 0.6) is 0 Å². The predicted octanol–water partition coefficient (Wildman–Crippen LogP) is 4.16. The van der Waals surface area contributed by atoms with Crippen LogP contribution in [0.15, 0.2) is 30.5 Å². The van der Waals surface area contributed by atoms with Gasteiger partial charge in [-0.2, -0.15) is 5.10 Å². The highest BCUT2D eigenvalue weighted by Gasteiger charge is 2.25. The molecule has 0 atom stereocenters. The molecule has 2 heterocycles. The molecule has 0 radical (unpaired) electrons. The van der Waals surface area contributed by atoms with Crippen LogP contribution in [-0.2, 0) is 0 Å². The molecule has 0 unspecified atom stereocenters. The Hall–Kier alpha value is -2.21. The number of hydrogen-bond acceptors (Lipinski definition) is 3. The number of nitrogens with zero attached hydrogens (tertiary/aromatic N) is 2. The molecule has 3 aromatic rings. The first kappa shape index (κ1) is 14.4. The summed E-state index contributed by atoms with van der Waals surface area (Å²) in [7, 11) is 0. The van der Waals surface area contributed by atoms with Gasteiger partial charge in [0.15, 0.2) is 4.77 Å². The summed E-state index contributed by atoms with van der Waals surface area (Å²) in [5.41, 5.74) is 1.60. The Morgan fingerprint density at radius 1 is 1.22 bits per heavy atom. The summed E-state index contributed by atoms with van der Waals surface area (Å²) in [4.78, 5) is 16.2. The number of carbonyl (C=O) groups is 1. The summed E-state index contributed by atoms with van der Waals surface area (Å²) in [6.45, 7) is 0. The summed E-state index contributed by atoms with van der Waals surface area (Å²) in [6.07, 6.45) is 7.49. The maximum absolute atomic E-state index is 13.0. The minimum absolute atomic E-state index is 0.0830. The fraction of sp³-hybridized carbons (Fsp3) is 0.353. The number of benzene rings is 1. The van der Waals surface area contributed by atoms with Crippen molar-refractivity contribution in [1.29, 1.82) is 0 Å². The standard InChI is InChI=1S/C17H18N4OS/c22-15(13-10-18-14-9-5-4-8-12(13)14)16-19-20-17(23)21(16)11-6-2-1-3-7-11/h4-5,8-11,18H,1-3,6-7H2,(H,20,23). The molecule has 2 N–H and O–H groups in total. The molecule has 1 aromatic carbocycles. The molecule has 0 amide bonds. The van der Waals surface area contributed by atoms with Gasteiger partial charge in [-0.1, -0.05) is 37.5 Å². The van der Waals surface area contributed by atoms with Crippen molar-refractivity contribution in [2.75, 3.05) is 0 Å². The Bertz CT molecular complexity index is 914. The molecule has 0 aliphatic heterocycles. The molecule has 1 fully saturated rings. The Labute approximate surface area is 138 Å². The number of ketones is 1. The Balaban J connectivity index is 1.79. The van der Waals surface area contributed by atoms with E-state index in [1.807, 2.05) is 28.8 Å². The quantitative estimate of drug-likeness (QED) is 0.561. The number of H-pyrrole nitrogens is 2. The first-order chi connectivity index (χ1) is 11.3. The van der Waals surface area contributed by atoms with Crippen molar-refractivity contribution in [2.24, 2.45) is 0 Å². The van der Waals surface area contributed by atoms with Crippen LogP contribution in [0.25, 0.3) is 10.9 Å². The summed E-state index contributed by atoms with van der Waals surface area (Å²) < 4.78 is 2.47. The minimum Gasteiger partial charge on any atom is -0.360 e. The molecule has 4 rings (SSSR count). The molecule has 0 bridgehead atoms. The smallest absolute Gasteiger partial charge is 0.232 e. The average molecular weight is 326 g/mol. The van der Waals surface area contributed by atoms with Gasteiger partial charge in [-0.05, 0) is 31.1 Å². The zero-order valence-corrected chi connectivity index (χ0v) is 13.5. The average Bonchev–Trinajstić information content (AvgIpc) is 3.19. The fourth-order valence-corrected chi connectivity index (χ4v) is 3.80. The van der Waals surface area contributed by atoms with E-state index in [4.69, 9.17) is 12.2 Å². The van der Waals surface area contributed by atoms with E-state index < -0.39 is 0 Å². The molecule has 5 nitrogen and oxygen atoms in total. The molecule has 1 aliphatic rings. The van der Waals surface area contributed by atoms with Gasteiger partial charge >= 0.3 is 0 Å². The van der Waals surface area contributed by atoms with Crippen LogP contribution in [0.1, 0.15) is 54.3 Å². The fourth-order valence-electron chi connectivity index (χ4n) is 3.52. The highest BCUT2D eigenvalue weighted by atomic mass is 32.1. The second-order valence-electron chi connectivity index (χ2n) is 6.09. The van der Waals surface area contributed by atoms with Crippen LogP contribution in [0.4, 0.5) is 0 Å².